The number of carbonyl (C=O) groups is 2. The van der Waals surface area contributed by atoms with E-state index < -0.39 is 6.10 Å². The van der Waals surface area contributed by atoms with Gasteiger partial charge in [0.15, 0.2) is 11.5 Å². The van der Waals surface area contributed by atoms with Crippen molar-refractivity contribution in [3.63, 3.8) is 0 Å². The number of ether oxygens (including phenoxy) is 2. The maximum atomic E-state index is 12.8. The molecule has 4 rings (SSSR count). The molecule has 2 aliphatic heterocycles. The number of hydrogen-bond donors (Lipinski definition) is 0. The van der Waals surface area contributed by atoms with Crippen molar-refractivity contribution in [1.82, 2.24) is 19.4 Å². The number of piperazine rings is 1. The first-order valence-corrected chi connectivity index (χ1v) is 9.07. The van der Waals surface area contributed by atoms with Crippen LogP contribution in [0.1, 0.15) is 13.0 Å². The first-order chi connectivity index (χ1) is 13.1. The van der Waals surface area contributed by atoms with Crippen LogP contribution in [-0.4, -0.2) is 70.1 Å². The lowest BCUT2D eigenvalue weighted by Crippen LogP contribution is -2.55. The molecular weight excluding hydrogens is 348 g/mol. The summed E-state index contributed by atoms with van der Waals surface area (Å²) in [5.74, 6) is 1.18. The monoisotopic (exact) mass is 370 g/mol. The predicted octanol–water partition coefficient (Wildman–Crippen LogP) is 0.955. The van der Waals surface area contributed by atoms with Gasteiger partial charge in [0.25, 0.3) is 5.91 Å². The zero-order chi connectivity index (χ0) is 18.8. The Bertz CT molecular complexity index is 815. The summed E-state index contributed by atoms with van der Waals surface area (Å²) >= 11 is 0. The van der Waals surface area contributed by atoms with Crippen LogP contribution >= 0.6 is 0 Å². The number of imidazole rings is 1. The SMILES string of the molecule is CC(C(=O)N1CCN(C(=O)C2COc3ccccc3O2)CC1)n1ccnc1. The lowest BCUT2D eigenvalue weighted by atomic mass is 10.2. The molecule has 3 heterocycles. The normalized spacial score (nSPS) is 20.3. The fourth-order valence-electron chi connectivity index (χ4n) is 3.38. The Balaban J connectivity index is 1.33. The molecule has 1 aromatic carbocycles. The molecule has 1 saturated heterocycles. The lowest BCUT2D eigenvalue weighted by Gasteiger charge is -2.38. The molecule has 27 heavy (non-hydrogen) atoms. The minimum Gasteiger partial charge on any atom is -0.485 e. The molecule has 2 aliphatic rings. The summed E-state index contributed by atoms with van der Waals surface area (Å²) < 4.78 is 13.2. The smallest absolute Gasteiger partial charge is 0.267 e. The summed E-state index contributed by atoms with van der Waals surface area (Å²) in [5.41, 5.74) is 0. The highest BCUT2D eigenvalue weighted by Gasteiger charge is 2.34. The Morgan fingerprint density at radius 3 is 2.52 bits per heavy atom. The van der Waals surface area contributed by atoms with Crippen molar-refractivity contribution in [3.8, 4) is 11.5 Å². The van der Waals surface area contributed by atoms with Gasteiger partial charge in [0.1, 0.15) is 12.6 Å². The Morgan fingerprint density at radius 1 is 1.11 bits per heavy atom. The molecule has 0 saturated carbocycles. The molecule has 0 bridgehead atoms. The van der Waals surface area contributed by atoms with E-state index in [4.69, 9.17) is 9.47 Å². The van der Waals surface area contributed by atoms with E-state index in [1.54, 1.807) is 39.2 Å². The van der Waals surface area contributed by atoms with Gasteiger partial charge in [-0.1, -0.05) is 12.1 Å². The Morgan fingerprint density at radius 2 is 1.81 bits per heavy atom. The van der Waals surface area contributed by atoms with E-state index in [2.05, 4.69) is 4.98 Å². The number of aromatic nitrogens is 2. The molecule has 0 spiro atoms. The molecular formula is C19H22N4O4. The van der Waals surface area contributed by atoms with Gasteiger partial charge in [-0.3, -0.25) is 9.59 Å². The largest absolute Gasteiger partial charge is 0.485 e. The third kappa shape index (κ3) is 3.47. The average Bonchev–Trinajstić information content (AvgIpc) is 3.27. The van der Waals surface area contributed by atoms with Crippen LogP contribution in [0.3, 0.4) is 0 Å². The highest BCUT2D eigenvalue weighted by atomic mass is 16.6. The second-order valence-corrected chi connectivity index (χ2v) is 6.70. The van der Waals surface area contributed by atoms with Gasteiger partial charge in [0, 0.05) is 38.6 Å². The lowest BCUT2D eigenvalue weighted by molar-refractivity contribution is -0.147. The fourth-order valence-corrected chi connectivity index (χ4v) is 3.38. The molecule has 8 nitrogen and oxygen atoms in total. The number of nitrogens with zero attached hydrogens (tertiary/aromatic N) is 4. The summed E-state index contributed by atoms with van der Waals surface area (Å²) in [5, 5.41) is 0. The van der Waals surface area contributed by atoms with Crippen LogP contribution in [0.5, 0.6) is 11.5 Å². The molecule has 0 radical (unpaired) electrons. The summed E-state index contributed by atoms with van der Waals surface area (Å²) in [6.45, 7) is 4.05. The quantitative estimate of drug-likeness (QED) is 0.804. The van der Waals surface area contributed by atoms with Gasteiger partial charge in [-0.2, -0.15) is 0 Å². The topological polar surface area (TPSA) is 76.9 Å². The van der Waals surface area contributed by atoms with Gasteiger partial charge < -0.3 is 23.8 Å². The Kier molecular flexibility index (Phi) is 4.70. The molecule has 0 aliphatic carbocycles. The minimum atomic E-state index is -0.646. The van der Waals surface area contributed by atoms with E-state index in [0.29, 0.717) is 37.7 Å². The third-order valence-electron chi connectivity index (χ3n) is 5.02. The van der Waals surface area contributed by atoms with Gasteiger partial charge >= 0.3 is 0 Å². The third-order valence-corrected chi connectivity index (χ3v) is 5.02. The van der Waals surface area contributed by atoms with Gasteiger partial charge in [0.2, 0.25) is 12.0 Å². The molecule has 1 aromatic heterocycles. The number of benzene rings is 1. The molecule has 2 atom stereocenters. The zero-order valence-electron chi connectivity index (χ0n) is 15.2. The summed E-state index contributed by atoms with van der Waals surface area (Å²) in [6.07, 6.45) is 4.43. The van der Waals surface area contributed by atoms with Crippen LogP contribution in [0, 0.1) is 0 Å². The number of carbonyl (C=O) groups excluding carboxylic acids is 2. The number of fused-ring (bicyclic) bond motifs is 1. The van der Waals surface area contributed by atoms with Crippen molar-refractivity contribution in [1.29, 1.82) is 0 Å². The van der Waals surface area contributed by atoms with E-state index in [1.807, 2.05) is 25.1 Å². The first-order valence-electron chi connectivity index (χ1n) is 9.07. The number of rotatable bonds is 3. The summed E-state index contributed by atoms with van der Waals surface area (Å²) in [4.78, 5) is 32.9. The van der Waals surface area contributed by atoms with Crippen LogP contribution in [0.15, 0.2) is 43.0 Å². The van der Waals surface area contributed by atoms with Crippen molar-refractivity contribution in [2.75, 3.05) is 32.8 Å². The second-order valence-electron chi connectivity index (χ2n) is 6.70. The molecule has 0 N–H and O–H groups in total. The van der Waals surface area contributed by atoms with Crippen molar-refractivity contribution < 1.29 is 19.1 Å². The van der Waals surface area contributed by atoms with Crippen molar-refractivity contribution >= 4 is 11.8 Å². The van der Waals surface area contributed by atoms with Crippen molar-refractivity contribution in [2.45, 2.75) is 19.1 Å². The van der Waals surface area contributed by atoms with Crippen molar-refractivity contribution in [2.24, 2.45) is 0 Å². The van der Waals surface area contributed by atoms with E-state index in [-0.39, 0.29) is 24.5 Å². The van der Waals surface area contributed by atoms with Crippen LogP contribution < -0.4 is 9.47 Å². The standard InChI is InChI=1S/C19H22N4O4/c1-14(23-7-6-20-13-23)18(24)21-8-10-22(11-9-21)19(25)17-12-26-15-4-2-3-5-16(15)27-17/h2-7,13-14,17H,8-12H2,1H3. The van der Waals surface area contributed by atoms with Crippen LogP contribution in [0.4, 0.5) is 0 Å². The maximum absolute atomic E-state index is 12.8. The van der Waals surface area contributed by atoms with Crippen LogP contribution in [-0.2, 0) is 9.59 Å². The summed E-state index contributed by atoms with van der Waals surface area (Å²) in [7, 11) is 0. The fraction of sp³-hybridized carbons (Fsp3) is 0.421. The van der Waals surface area contributed by atoms with Gasteiger partial charge in [-0.25, -0.2) is 4.98 Å². The molecule has 2 unspecified atom stereocenters. The van der Waals surface area contributed by atoms with Gasteiger partial charge in [0.05, 0.1) is 6.33 Å². The van der Waals surface area contributed by atoms with Crippen LogP contribution in [0.25, 0.3) is 0 Å². The second kappa shape index (κ2) is 7.30. The Labute approximate surface area is 157 Å². The van der Waals surface area contributed by atoms with E-state index in [9.17, 15) is 9.59 Å². The average molecular weight is 370 g/mol. The van der Waals surface area contributed by atoms with Gasteiger partial charge in [-0.05, 0) is 19.1 Å². The number of hydrogen-bond acceptors (Lipinski definition) is 5. The molecule has 2 aromatic rings. The van der Waals surface area contributed by atoms with E-state index in [0.717, 1.165) is 0 Å². The molecule has 1 fully saturated rings. The summed E-state index contributed by atoms with van der Waals surface area (Å²) in [6, 6.07) is 7.03. The maximum Gasteiger partial charge on any atom is 0.267 e. The highest BCUT2D eigenvalue weighted by molar-refractivity contribution is 5.83. The minimum absolute atomic E-state index is 0.0336. The highest BCUT2D eigenvalue weighted by Crippen LogP contribution is 2.31. The first kappa shape index (κ1) is 17.4. The van der Waals surface area contributed by atoms with E-state index >= 15 is 0 Å². The Hall–Kier alpha value is -3.03. The molecule has 2 amide bonds. The van der Waals surface area contributed by atoms with Crippen molar-refractivity contribution in [3.05, 3.63) is 43.0 Å². The van der Waals surface area contributed by atoms with Crippen LogP contribution in [0.2, 0.25) is 0 Å². The van der Waals surface area contributed by atoms with Gasteiger partial charge in [-0.15, -0.1) is 0 Å². The number of para-hydroxylation sites is 2. The number of amides is 2. The predicted molar refractivity (Wildman–Crippen MR) is 96.5 cm³/mol. The molecule has 142 valence electrons. The van der Waals surface area contributed by atoms with E-state index in [1.165, 1.54) is 0 Å². The molecule has 8 heteroatoms. The zero-order valence-corrected chi connectivity index (χ0v) is 15.2.